The third-order valence-electron chi connectivity index (χ3n) is 3.62. The Kier molecular flexibility index (Phi) is 5.67. The van der Waals surface area contributed by atoms with Crippen molar-refractivity contribution >= 4 is 21.6 Å². The van der Waals surface area contributed by atoms with Gasteiger partial charge in [-0.15, -0.1) is 0 Å². The lowest BCUT2D eigenvalue weighted by molar-refractivity contribution is 0.199. The van der Waals surface area contributed by atoms with E-state index >= 15 is 0 Å². The predicted octanol–water partition coefficient (Wildman–Crippen LogP) is 3.03. The van der Waals surface area contributed by atoms with Gasteiger partial charge in [0.1, 0.15) is 0 Å². The highest BCUT2D eigenvalue weighted by molar-refractivity contribution is 9.10. The lowest BCUT2D eigenvalue weighted by Gasteiger charge is -2.19. The number of hydrogen-bond donors (Lipinski definition) is 1. The molecule has 1 saturated heterocycles. The molecule has 0 saturated carbocycles. The first kappa shape index (κ1) is 14.8. The zero-order valence-electron chi connectivity index (χ0n) is 11.8. The predicted molar refractivity (Wildman–Crippen MR) is 83.7 cm³/mol. The monoisotopic (exact) mass is 326 g/mol. The van der Waals surface area contributed by atoms with E-state index in [9.17, 15) is 0 Å². The van der Waals surface area contributed by atoms with Crippen molar-refractivity contribution < 1.29 is 4.74 Å². The van der Waals surface area contributed by atoms with Crippen molar-refractivity contribution in [3.8, 4) is 0 Å². The first-order valence-electron chi connectivity index (χ1n) is 6.93. The Balaban J connectivity index is 1.93. The van der Waals surface area contributed by atoms with Crippen LogP contribution in [0, 0.1) is 5.92 Å². The SMILES string of the molecule is COCCNCc1ccc(N2CCC(C)C2)cc1Br. The van der Waals surface area contributed by atoms with Crippen LogP contribution in [0.25, 0.3) is 0 Å². The van der Waals surface area contributed by atoms with E-state index < -0.39 is 0 Å². The molecule has 3 nitrogen and oxygen atoms in total. The van der Waals surface area contributed by atoms with E-state index in [-0.39, 0.29) is 0 Å². The van der Waals surface area contributed by atoms with Crippen molar-refractivity contribution in [1.82, 2.24) is 5.32 Å². The molecule has 1 aromatic rings. The fourth-order valence-corrected chi connectivity index (χ4v) is 2.95. The van der Waals surface area contributed by atoms with Gasteiger partial charge in [-0.1, -0.05) is 28.9 Å². The minimum Gasteiger partial charge on any atom is -0.383 e. The fraction of sp³-hybridized carbons (Fsp3) is 0.600. The Morgan fingerprint density at radius 2 is 2.32 bits per heavy atom. The number of benzene rings is 1. The molecule has 1 fully saturated rings. The van der Waals surface area contributed by atoms with Crippen LogP contribution in [-0.2, 0) is 11.3 Å². The van der Waals surface area contributed by atoms with Crippen LogP contribution in [-0.4, -0.2) is 33.4 Å². The molecule has 1 aliphatic heterocycles. The second kappa shape index (κ2) is 7.27. The molecular formula is C15H23BrN2O. The van der Waals surface area contributed by atoms with Gasteiger partial charge < -0.3 is 15.0 Å². The molecule has 1 aliphatic rings. The molecule has 0 aromatic heterocycles. The Bertz CT molecular complexity index is 411. The van der Waals surface area contributed by atoms with Crippen molar-refractivity contribution in [2.24, 2.45) is 5.92 Å². The highest BCUT2D eigenvalue weighted by Gasteiger charge is 2.19. The number of nitrogens with zero attached hydrogens (tertiary/aromatic N) is 1. The van der Waals surface area contributed by atoms with Crippen molar-refractivity contribution in [2.45, 2.75) is 19.9 Å². The van der Waals surface area contributed by atoms with Crippen molar-refractivity contribution in [3.63, 3.8) is 0 Å². The third-order valence-corrected chi connectivity index (χ3v) is 4.36. The molecule has 0 radical (unpaired) electrons. The van der Waals surface area contributed by atoms with Gasteiger partial charge in [0.15, 0.2) is 0 Å². The average Bonchev–Trinajstić information content (AvgIpc) is 2.83. The van der Waals surface area contributed by atoms with Gasteiger partial charge in [0, 0.05) is 43.4 Å². The topological polar surface area (TPSA) is 24.5 Å². The largest absolute Gasteiger partial charge is 0.383 e. The van der Waals surface area contributed by atoms with Crippen molar-refractivity contribution in [2.75, 3.05) is 38.3 Å². The van der Waals surface area contributed by atoms with E-state index in [1.807, 2.05) is 0 Å². The summed E-state index contributed by atoms with van der Waals surface area (Å²) in [4.78, 5) is 2.47. The standard InChI is InChI=1S/C15H23BrN2O/c1-12-5-7-18(11-12)14-4-3-13(15(16)9-14)10-17-6-8-19-2/h3-4,9,12,17H,5-8,10-11H2,1-2H3. The number of ether oxygens (including phenoxy) is 1. The summed E-state index contributed by atoms with van der Waals surface area (Å²) in [6, 6.07) is 6.68. The maximum Gasteiger partial charge on any atom is 0.0587 e. The molecule has 1 aromatic carbocycles. The highest BCUT2D eigenvalue weighted by Crippen LogP contribution is 2.28. The molecule has 1 atom stereocenters. The van der Waals surface area contributed by atoms with Gasteiger partial charge in [-0.3, -0.25) is 0 Å². The van der Waals surface area contributed by atoms with Crippen LogP contribution >= 0.6 is 15.9 Å². The van der Waals surface area contributed by atoms with Crippen LogP contribution in [0.5, 0.6) is 0 Å². The summed E-state index contributed by atoms with van der Waals surface area (Å²) >= 11 is 3.68. The number of rotatable bonds is 6. The molecule has 2 rings (SSSR count). The fourth-order valence-electron chi connectivity index (χ4n) is 2.44. The second-order valence-corrected chi connectivity index (χ2v) is 6.14. The molecule has 1 unspecified atom stereocenters. The smallest absolute Gasteiger partial charge is 0.0587 e. The van der Waals surface area contributed by atoms with Crippen LogP contribution in [0.2, 0.25) is 0 Å². The van der Waals surface area contributed by atoms with E-state index in [1.54, 1.807) is 7.11 Å². The third kappa shape index (κ3) is 4.20. The second-order valence-electron chi connectivity index (χ2n) is 5.29. The lowest BCUT2D eigenvalue weighted by atomic mass is 10.2. The average molecular weight is 327 g/mol. The molecule has 1 N–H and O–H groups in total. The summed E-state index contributed by atoms with van der Waals surface area (Å²) < 4.78 is 6.22. The maximum atomic E-state index is 5.03. The number of hydrogen-bond acceptors (Lipinski definition) is 3. The molecule has 0 bridgehead atoms. The molecule has 0 spiro atoms. The Morgan fingerprint density at radius 3 is 2.95 bits per heavy atom. The molecule has 0 aliphatic carbocycles. The van der Waals surface area contributed by atoms with Gasteiger partial charge >= 0.3 is 0 Å². The van der Waals surface area contributed by atoms with E-state index in [1.165, 1.54) is 35.2 Å². The van der Waals surface area contributed by atoms with Gasteiger partial charge in [-0.25, -0.2) is 0 Å². The normalized spacial score (nSPS) is 19.1. The van der Waals surface area contributed by atoms with Gasteiger partial charge in [0.25, 0.3) is 0 Å². The molecule has 106 valence electrons. The summed E-state index contributed by atoms with van der Waals surface area (Å²) in [7, 11) is 1.73. The van der Waals surface area contributed by atoms with E-state index in [4.69, 9.17) is 4.74 Å². The van der Waals surface area contributed by atoms with Crippen LogP contribution in [0.15, 0.2) is 22.7 Å². The highest BCUT2D eigenvalue weighted by atomic mass is 79.9. The minimum absolute atomic E-state index is 0.751. The van der Waals surface area contributed by atoms with E-state index in [0.29, 0.717) is 0 Å². The summed E-state index contributed by atoms with van der Waals surface area (Å²) in [5.41, 5.74) is 2.63. The van der Waals surface area contributed by atoms with Crippen LogP contribution in [0.1, 0.15) is 18.9 Å². The molecular weight excluding hydrogens is 304 g/mol. The lowest BCUT2D eigenvalue weighted by Crippen LogP contribution is -2.20. The minimum atomic E-state index is 0.751. The summed E-state index contributed by atoms with van der Waals surface area (Å²) in [6.45, 7) is 7.19. The first-order valence-corrected chi connectivity index (χ1v) is 7.73. The summed E-state index contributed by atoms with van der Waals surface area (Å²) in [5.74, 6) is 0.814. The van der Waals surface area contributed by atoms with Crippen molar-refractivity contribution in [3.05, 3.63) is 28.2 Å². The number of halogens is 1. The van der Waals surface area contributed by atoms with Gasteiger partial charge in [0.05, 0.1) is 6.61 Å². The maximum absolute atomic E-state index is 5.03. The molecule has 0 amide bonds. The van der Waals surface area contributed by atoms with Crippen LogP contribution < -0.4 is 10.2 Å². The Labute approximate surface area is 124 Å². The quantitative estimate of drug-likeness (QED) is 0.813. The van der Waals surface area contributed by atoms with Crippen LogP contribution in [0.4, 0.5) is 5.69 Å². The van der Waals surface area contributed by atoms with E-state index in [2.05, 4.69) is 51.3 Å². The zero-order valence-corrected chi connectivity index (χ0v) is 13.4. The van der Waals surface area contributed by atoms with E-state index in [0.717, 1.165) is 25.6 Å². The van der Waals surface area contributed by atoms with Crippen LogP contribution in [0.3, 0.4) is 0 Å². The molecule has 4 heteroatoms. The Morgan fingerprint density at radius 1 is 1.47 bits per heavy atom. The molecule has 19 heavy (non-hydrogen) atoms. The number of methoxy groups -OCH3 is 1. The summed E-state index contributed by atoms with van der Waals surface area (Å²) in [5, 5.41) is 3.37. The first-order chi connectivity index (χ1) is 9.20. The Hall–Kier alpha value is -0.580. The van der Waals surface area contributed by atoms with Gasteiger partial charge in [-0.2, -0.15) is 0 Å². The number of anilines is 1. The van der Waals surface area contributed by atoms with Gasteiger partial charge in [-0.05, 0) is 30.0 Å². The molecule has 1 heterocycles. The zero-order chi connectivity index (χ0) is 13.7. The van der Waals surface area contributed by atoms with Crippen molar-refractivity contribution in [1.29, 1.82) is 0 Å². The summed E-state index contributed by atoms with van der Waals surface area (Å²) in [6.07, 6.45) is 1.30. The number of nitrogens with one attached hydrogen (secondary N) is 1. The van der Waals surface area contributed by atoms with Gasteiger partial charge in [0.2, 0.25) is 0 Å².